The molecule has 0 bridgehead atoms. The first-order valence-electron chi connectivity index (χ1n) is 8.73. The normalized spacial score (nSPS) is 16.5. The molecule has 0 saturated heterocycles. The molecular weight excluding hydrogens is 344 g/mol. The van der Waals surface area contributed by atoms with Crippen LogP contribution in [0.15, 0.2) is 49.1 Å². The summed E-state index contributed by atoms with van der Waals surface area (Å²) < 4.78 is 7.26. The smallest absolute Gasteiger partial charge is 0.162 e. The maximum atomic E-state index is 10.6. The monoisotopic (exact) mass is 362 g/mol. The van der Waals surface area contributed by atoms with Crippen LogP contribution in [-0.4, -0.2) is 47.8 Å². The van der Waals surface area contributed by atoms with Crippen LogP contribution in [0.2, 0.25) is 0 Å². The minimum absolute atomic E-state index is 0.462. The highest BCUT2D eigenvalue weighted by Crippen LogP contribution is 2.48. The van der Waals surface area contributed by atoms with Gasteiger partial charge in [0.15, 0.2) is 11.5 Å². The number of nitrogens with zero attached hydrogens (tertiary/aromatic N) is 5. The summed E-state index contributed by atoms with van der Waals surface area (Å²) >= 11 is 0. The summed E-state index contributed by atoms with van der Waals surface area (Å²) in [7, 11) is 1.64. The molecule has 0 radical (unpaired) electrons. The Morgan fingerprint density at radius 2 is 2.11 bits per heavy atom. The number of hydrogen-bond acceptors (Lipinski definition) is 6. The third kappa shape index (κ3) is 2.61. The number of aliphatic hydroxyl groups is 1. The average Bonchev–Trinajstić information content (AvgIpc) is 3.13. The number of ether oxygens (including phenoxy) is 1. The van der Waals surface area contributed by atoms with E-state index in [-0.39, 0.29) is 0 Å². The van der Waals surface area contributed by atoms with Crippen LogP contribution in [0.25, 0.3) is 28.1 Å². The summed E-state index contributed by atoms with van der Waals surface area (Å²) in [5.74, 6) is 0.695. The number of pyridine rings is 1. The summed E-state index contributed by atoms with van der Waals surface area (Å²) in [6, 6.07) is 9.75. The summed E-state index contributed by atoms with van der Waals surface area (Å²) in [5.41, 5.74) is 2.79. The van der Waals surface area contributed by atoms with Crippen molar-refractivity contribution in [2.75, 3.05) is 7.11 Å². The number of fused-ring (bicyclic) bond motifs is 1. The van der Waals surface area contributed by atoms with Crippen molar-refractivity contribution >= 4 is 11.0 Å². The van der Waals surface area contributed by atoms with E-state index in [9.17, 15) is 5.11 Å². The molecule has 0 spiro atoms. The zero-order chi connectivity index (χ0) is 18.4. The lowest BCUT2D eigenvalue weighted by atomic mass is 10.0. The number of nitrogens with one attached hydrogen (secondary N) is 1. The highest BCUT2D eigenvalue weighted by molar-refractivity contribution is 5.77. The number of methoxy groups -OCH3 is 1. The van der Waals surface area contributed by atoms with Crippen LogP contribution in [0.4, 0.5) is 0 Å². The molecule has 0 unspecified atom stereocenters. The lowest BCUT2D eigenvalue weighted by Gasteiger charge is -2.20. The molecule has 4 aromatic rings. The number of benzene rings is 1. The van der Waals surface area contributed by atoms with Crippen LogP contribution >= 0.6 is 0 Å². The van der Waals surface area contributed by atoms with E-state index in [0.717, 1.165) is 40.7 Å². The van der Waals surface area contributed by atoms with E-state index in [1.54, 1.807) is 24.2 Å². The first kappa shape index (κ1) is 16.1. The largest absolute Gasteiger partial charge is 0.385 e. The minimum Gasteiger partial charge on any atom is -0.385 e. The number of aromatic amines is 1. The number of hydrogen-bond donors (Lipinski definition) is 2. The standard InChI is InChI=1S/C19H18N6O2/c1-27-19(5-6-19)16(26)13-7-14-10-23-25(18(14)20-9-13)15-4-2-3-12(8-15)17-21-11-22-24-17/h2-4,7-11,16,26H,5-6H2,1H3,(H,21,22,24)/t16-/m0/s1. The van der Waals surface area contributed by atoms with Crippen molar-refractivity contribution < 1.29 is 9.84 Å². The van der Waals surface area contributed by atoms with Crippen molar-refractivity contribution in [3.05, 3.63) is 54.6 Å². The van der Waals surface area contributed by atoms with Crippen molar-refractivity contribution in [3.8, 4) is 17.1 Å². The Balaban J connectivity index is 1.53. The van der Waals surface area contributed by atoms with E-state index in [0.29, 0.717) is 5.82 Å². The quantitative estimate of drug-likeness (QED) is 0.565. The second-order valence-electron chi connectivity index (χ2n) is 6.79. The predicted octanol–water partition coefficient (Wildman–Crippen LogP) is 2.42. The van der Waals surface area contributed by atoms with Gasteiger partial charge in [0.05, 0.1) is 17.5 Å². The molecule has 1 atom stereocenters. The van der Waals surface area contributed by atoms with Gasteiger partial charge in [0.2, 0.25) is 0 Å². The lowest BCUT2D eigenvalue weighted by molar-refractivity contribution is -0.0335. The molecule has 0 amide bonds. The van der Waals surface area contributed by atoms with E-state index in [1.807, 2.05) is 30.3 Å². The Morgan fingerprint density at radius 3 is 2.85 bits per heavy atom. The van der Waals surface area contributed by atoms with Gasteiger partial charge in [-0.1, -0.05) is 12.1 Å². The fraction of sp³-hybridized carbons (Fsp3) is 0.263. The molecular formula is C19H18N6O2. The Labute approximate surface area is 154 Å². The molecule has 3 aromatic heterocycles. The third-order valence-corrected chi connectivity index (χ3v) is 5.17. The number of aromatic nitrogens is 6. The molecule has 136 valence electrons. The van der Waals surface area contributed by atoms with E-state index < -0.39 is 11.7 Å². The van der Waals surface area contributed by atoms with E-state index in [1.165, 1.54) is 6.33 Å². The van der Waals surface area contributed by atoms with Crippen molar-refractivity contribution in [1.82, 2.24) is 29.9 Å². The Morgan fingerprint density at radius 1 is 1.22 bits per heavy atom. The molecule has 5 rings (SSSR count). The Kier molecular flexibility index (Phi) is 3.56. The average molecular weight is 362 g/mol. The Hall–Kier alpha value is -3.10. The molecule has 0 aliphatic heterocycles. The van der Waals surface area contributed by atoms with E-state index in [2.05, 4.69) is 25.3 Å². The van der Waals surface area contributed by atoms with Gasteiger partial charge in [0.25, 0.3) is 0 Å². The maximum Gasteiger partial charge on any atom is 0.162 e. The van der Waals surface area contributed by atoms with Gasteiger partial charge in [-0.2, -0.15) is 10.2 Å². The van der Waals surface area contributed by atoms with Gasteiger partial charge in [-0.25, -0.2) is 14.6 Å². The summed E-state index contributed by atoms with van der Waals surface area (Å²) in [6.45, 7) is 0. The first-order chi connectivity index (χ1) is 13.2. The molecule has 2 N–H and O–H groups in total. The molecule has 27 heavy (non-hydrogen) atoms. The summed E-state index contributed by atoms with van der Waals surface area (Å²) in [5, 5.41) is 22.7. The zero-order valence-electron chi connectivity index (χ0n) is 14.7. The van der Waals surface area contributed by atoms with Crippen LogP contribution in [0, 0.1) is 0 Å². The molecule has 1 saturated carbocycles. The van der Waals surface area contributed by atoms with Crippen LogP contribution < -0.4 is 0 Å². The Bertz CT molecular complexity index is 1100. The number of rotatable bonds is 5. The van der Waals surface area contributed by atoms with Gasteiger partial charge >= 0.3 is 0 Å². The van der Waals surface area contributed by atoms with Crippen molar-refractivity contribution in [1.29, 1.82) is 0 Å². The fourth-order valence-electron chi connectivity index (χ4n) is 3.42. The SMILES string of the molecule is COC1([C@@H](O)c2cnc3c(cnn3-c3cccc(-c4ncn[nH]4)c3)c2)CC1. The molecule has 1 aliphatic rings. The number of H-pyrrole nitrogens is 1. The fourth-order valence-corrected chi connectivity index (χ4v) is 3.42. The van der Waals surface area contributed by atoms with E-state index in [4.69, 9.17) is 4.74 Å². The van der Waals surface area contributed by atoms with Gasteiger partial charge in [-0.15, -0.1) is 0 Å². The molecule has 3 heterocycles. The summed E-state index contributed by atoms with van der Waals surface area (Å²) in [6.07, 6.45) is 5.97. The van der Waals surface area contributed by atoms with Gasteiger partial charge in [-0.3, -0.25) is 5.10 Å². The lowest BCUT2D eigenvalue weighted by Crippen LogP contribution is -2.22. The van der Waals surface area contributed by atoms with Crippen LogP contribution in [0.1, 0.15) is 24.5 Å². The third-order valence-electron chi connectivity index (χ3n) is 5.17. The molecule has 8 heteroatoms. The van der Waals surface area contributed by atoms with Crippen molar-refractivity contribution in [3.63, 3.8) is 0 Å². The van der Waals surface area contributed by atoms with E-state index >= 15 is 0 Å². The predicted molar refractivity (Wildman–Crippen MR) is 98.2 cm³/mol. The summed E-state index contributed by atoms with van der Waals surface area (Å²) in [4.78, 5) is 8.74. The van der Waals surface area contributed by atoms with Crippen LogP contribution in [0.5, 0.6) is 0 Å². The van der Waals surface area contributed by atoms with Gasteiger partial charge in [-0.05, 0) is 31.0 Å². The van der Waals surface area contributed by atoms with Crippen molar-refractivity contribution in [2.45, 2.75) is 24.5 Å². The van der Waals surface area contributed by atoms with Crippen molar-refractivity contribution in [2.24, 2.45) is 0 Å². The molecule has 1 aromatic carbocycles. The first-order valence-corrected chi connectivity index (χ1v) is 8.73. The van der Waals surface area contributed by atoms with Crippen LogP contribution in [0.3, 0.4) is 0 Å². The minimum atomic E-state index is -0.683. The maximum absolute atomic E-state index is 10.6. The molecule has 1 fully saturated rings. The highest BCUT2D eigenvalue weighted by atomic mass is 16.5. The van der Waals surface area contributed by atoms with Crippen LogP contribution in [-0.2, 0) is 4.74 Å². The second kappa shape index (κ2) is 5.97. The number of aliphatic hydroxyl groups excluding tert-OH is 1. The van der Waals surface area contributed by atoms with Gasteiger partial charge in [0, 0.05) is 29.8 Å². The molecule has 1 aliphatic carbocycles. The molecule has 8 nitrogen and oxygen atoms in total. The highest BCUT2D eigenvalue weighted by Gasteiger charge is 2.50. The zero-order valence-corrected chi connectivity index (χ0v) is 14.7. The van der Waals surface area contributed by atoms with Gasteiger partial charge in [0.1, 0.15) is 12.4 Å². The topological polar surface area (TPSA) is 102 Å². The van der Waals surface area contributed by atoms with Gasteiger partial charge < -0.3 is 9.84 Å². The second-order valence-corrected chi connectivity index (χ2v) is 6.79.